The number of piperidine rings is 1. The van der Waals surface area contributed by atoms with Gasteiger partial charge in [0.1, 0.15) is 0 Å². The molecule has 100 valence electrons. The highest BCUT2D eigenvalue weighted by Gasteiger charge is 2.26. The summed E-state index contributed by atoms with van der Waals surface area (Å²) in [6.07, 6.45) is 1.14. The predicted octanol–water partition coefficient (Wildman–Crippen LogP) is 0.785. The van der Waals surface area contributed by atoms with Crippen LogP contribution < -0.4 is 5.32 Å². The molecule has 1 heterocycles. The van der Waals surface area contributed by atoms with E-state index in [0.717, 1.165) is 32.6 Å². The molecule has 4 heteroatoms. The number of amides is 1. The fraction of sp³-hybridized carbons (Fsp3) is 0.923. The number of hydrogen-bond donors (Lipinski definition) is 1. The summed E-state index contributed by atoms with van der Waals surface area (Å²) in [5.41, 5.74) is 0. The van der Waals surface area contributed by atoms with Gasteiger partial charge in [-0.25, -0.2) is 0 Å². The number of nitrogens with zero attached hydrogens (tertiary/aromatic N) is 2. The van der Waals surface area contributed by atoms with E-state index in [1.165, 1.54) is 0 Å². The zero-order valence-corrected chi connectivity index (χ0v) is 11.7. The average molecular weight is 241 g/mol. The SMILES string of the molecule is CCN(CC)C(=O)CN(C)C1CCNCC1C. The summed E-state index contributed by atoms with van der Waals surface area (Å²) in [5.74, 6) is 0.876. The van der Waals surface area contributed by atoms with Crippen molar-refractivity contribution in [3.05, 3.63) is 0 Å². The number of carbonyl (C=O) groups excluding carboxylic acids is 1. The van der Waals surface area contributed by atoms with Gasteiger partial charge in [-0.1, -0.05) is 6.92 Å². The first-order valence-electron chi connectivity index (χ1n) is 6.78. The van der Waals surface area contributed by atoms with E-state index in [4.69, 9.17) is 0 Å². The maximum atomic E-state index is 12.0. The first kappa shape index (κ1) is 14.5. The van der Waals surface area contributed by atoms with E-state index in [1.54, 1.807) is 0 Å². The summed E-state index contributed by atoms with van der Waals surface area (Å²) in [4.78, 5) is 16.2. The van der Waals surface area contributed by atoms with Crippen molar-refractivity contribution in [1.82, 2.24) is 15.1 Å². The van der Waals surface area contributed by atoms with E-state index >= 15 is 0 Å². The monoisotopic (exact) mass is 241 g/mol. The van der Waals surface area contributed by atoms with E-state index in [0.29, 0.717) is 18.5 Å². The van der Waals surface area contributed by atoms with Gasteiger partial charge >= 0.3 is 0 Å². The van der Waals surface area contributed by atoms with Crippen LogP contribution in [0, 0.1) is 5.92 Å². The maximum Gasteiger partial charge on any atom is 0.236 e. The summed E-state index contributed by atoms with van der Waals surface area (Å²) < 4.78 is 0. The fourth-order valence-electron chi connectivity index (χ4n) is 2.66. The van der Waals surface area contributed by atoms with E-state index in [9.17, 15) is 4.79 Å². The highest BCUT2D eigenvalue weighted by molar-refractivity contribution is 5.78. The van der Waals surface area contributed by atoms with E-state index in [2.05, 4.69) is 24.2 Å². The van der Waals surface area contributed by atoms with Gasteiger partial charge in [-0.3, -0.25) is 9.69 Å². The molecule has 0 aromatic carbocycles. The summed E-state index contributed by atoms with van der Waals surface area (Å²) in [6, 6.07) is 0.538. The van der Waals surface area contributed by atoms with Crippen LogP contribution in [0.25, 0.3) is 0 Å². The normalized spacial score (nSPS) is 25.0. The van der Waals surface area contributed by atoms with Crippen LogP contribution >= 0.6 is 0 Å². The zero-order chi connectivity index (χ0) is 12.8. The first-order valence-corrected chi connectivity index (χ1v) is 6.78. The molecule has 1 aliphatic rings. The van der Waals surface area contributed by atoms with Crippen molar-refractivity contribution in [1.29, 1.82) is 0 Å². The highest BCUT2D eigenvalue weighted by atomic mass is 16.2. The number of carbonyl (C=O) groups is 1. The molecule has 0 aliphatic carbocycles. The molecule has 2 atom stereocenters. The third-order valence-corrected chi connectivity index (χ3v) is 3.81. The Kier molecular flexibility index (Phi) is 5.92. The third kappa shape index (κ3) is 3.96. The number of rotatable bonds is 5. The molecular formula is C13H27N3O. The van der Waals surface area contributed by atoms with Crippen LogP contribution in [0.2, 0.25) is 0 Å². The lowest BCUT2D eigenvalue weighted by molar-refractivity contribution is -0.132. The second-order valence-electron chi connectivity index (χ2n) is 5.02. The summed E-state index contributed by atoms with van der Waals surface area (Å²) in [7, 11) is 2.08. The van der Waals surface area contributed by atoms with E-state index < -0.39 is 0 Å². The van der Waals surface area contributed by atoms with Gasteiger partial charge in [-0.2, -0.15) is 0 Å². The highest BCUT2D eigenvalue weighted by Crippen LogP contribution is 2.16. The van der Waals surface area contributed by atoms with Crippen molar-refractivity contribution < 1.29 is 4.79 Å². The van der Waals surface area contributed by atoms with Crippen molar-refractivity contribution >= 4 is 5.91 Å². The molecule has 4 nitrogen and oxygen atoms in total. The van der Waals surface area contributed by atoms with Gasteiger partial charge in [0.05, 0.1) is 6.54 Å². The molecular weight excluding hydrogens is 214 g/mol. The molecule has 0 aromatic rings. The van der Waals surface area contributed by atoms with Crippen molar-refractivity contribution in [2.45, 2.75) is 33.2 Å². The van der Waals surface area contributed by atoms with E-state index in [-0.39, 0.29) is 5.91 Å². The lowest BCUT2D eigenvalue weighted by Gasteiger charge is -2.37. The van der Waals surface area contributed by atoms with Crippen LogP contribution in [-0.4, -0.2) is 61.5 Å². The topological polar surface area (TPSA) is 35.6 Å². The molecule has 1 amide bonds. The largest absolute Gasteiger partial charge is 0.342 e. The number of likely N-dealkylation sites (N-methyl/N-ethyl adjacent to an activating group) is 2. The Hall–Kier alpha value is -0.610. The molecule has 0 saturated carbocycles. The molecule has 0 spiro atoms. The van der Waals surface area contributed by atoms with Crippen LogP contribution in [0.1, 0.15) is 27.2 Å². The Morgan fingerprint density at radius 1 is 1.35 bits per heavy atom. The van der Waals surface area contributed by atoms with Crippen LogP contribution in [0.15, 0.2) is 0 Å². The summed E-state index contributed by atoms with van der Waals surface area (Å²) in [6.45, 7) is 10.6. The molecule has 0 radical (unpaired) electrons. The Balaban J connectivity index is 2.47. The number of hydrogen-bond acceptors (Lipinski definition) is 3. The zero-order valence-electron chi connectivity index (χ0n) is 11.7. The van der Waals surface area contributed by atoms with Crippen molar-refractivity contribution in [3.63, 3.8) is 0 Å². The minimum absolute atomic E-state index is 0.253. The van der Waals surface area contributed by atoms with Gasteiger partial charge in [-0.05, 0) is 46.3 Å². The van der Waals surface area contributed by atoms with Crippen molar-refractivity contribution in [3.8, 4) is 0 Å². The molecule has 0 bridgehead atoms. The molecule has 2 unspecified atom stereocenters. The van der Waals surface area contributed by atoms with Crippen molar-refractivity contribution in [2.75, 3.05) is 39.8 Å². The minimum Gasteiger partial charge on any atom is -0.342 e. The standard InChI is InChI=1S/C13H27N3O/c1-5-16(6-2)13(17)10-15(4)12-7-8-14-9-11(12)3/h11-12,14H,5-10H2,1-4H3. The average Bonchev–Trinajstić information content (AvgIpc) is 2.31. The summed E-state index contributed by atoms with van der Waals surface area (Å²) in [5, 5.41) is 3.40. The molecule has 1 N–H and O–H groups in total. The summed E-state index contributed by atoms with van der Waals surface area (Å²) >= 11 is 0. The molecule has 1 aliphatic heterocycles. The predicted molar refractivity (Wildman–Crippen MR) is 71.0 cm³/mol. The van der Waals surface area contributed by atoms with Gasteiger partial charge in [0, 0.05) is 19.1 Å². The molecule has 17 heavy (non-hydrogen) atoms. The Morgan fingerprint density at radius 3 is 2.53 bits per heavy atom. The lowest BCUT2D eigenvalue weighted by Crippen LogP contribution is -2.50. The first-order chi connectivity index (χ1) is 8.10. The lowest BCUT2D eigenvalue weighted by atomic mass is 9.94. The molecule has 1 saturated heterocycles. The molecule has 1 rings (SSSR count). The van der Waals surface area contributed by atoms with Crippen LogP contribution in [0.4, 0.5) is 0 Å². The second kappa shape index (κ2) is 6.97. The van der Waals surface area contributed by atoms with Gasteiger partial charge in [0.2, 0.25) is 5.91 Å². The van der Waals surface area contributed by atoms with E-state index in [1.807, 2.05) is 18.7 Å². The molecule has 1 fully saturated rings. The van der Waals surface area contributed by atoms with Crippen LogP contribution in [0.5, 0.6) is 0 Å². The van der Waals surface area contributed by atoms with Crippen LogP contribution in [-0.2, 0) is 4.79 Å². The minimum atomic E-state index is 0.253. The van der Waals surface area contributed by atoms with Gasteiger partial charge in [-0.15, -0.1) is 0 Å². The Morgan fingerprint density at radius 2 is 2.00 bits per heavy atom. The van der Waals surface area contributed by atoms with Gasteiger partial charge < -0.3 is 10.2 Å². The van der Waals surface area contributed by atoms with Gasteiger partial charge in [0.15, 0.2) is 0 Å². The smallest absolute Gasteiger partial charge is 0.236 e. The Labute approximate surface area is 105 Å². The maximum absolute atomic E-state index is 12.0. The van der Waals surface area contributed by atoms with Crippen molar-refractivity contribution in [2.24, 2.45) is 5.92 Å². The quantitative estimate of drug-likeness (QED) is 0.773. The third-order valence-electron chi connectivity index (χ3n) is 3.81. The Bertz CT molecular complexity index is 241. The van der Waals surface area contributed by atoms with Crippen LogP contribution in [0.3, 0.4) is 0 Å². The second-order valence-corrected chi connectivity index (χ2v) is 5.02. The fourth-order valence-corrected chi connectivity index (χ4v) is 2.66. The number of nitrogens with one attached hydrogen (secondary N) is 1. The van der Waals surface area contributed by atoms with Gasteiger partial charge in [0.25, 0.3) is 0 Å². The molecule has 0 aromatic heterocycles.